The second kappa shape index (κ2) is 5.07. The quantitative estimate of drug-likeness (QED) is 0.879. The van der Waals surface area contributed by atoms with E-state index in [4.69, 9.17) is 23.2 Å². The van der Waals surface area contributed by atoms with E-state index >= 15 is 0 Å². The Morgan fingerprint density at radius 1 is 1.21 bits per heavy atom. The van der Waals surface area contributed by atoms with Crippen LogP contribution in [0.4, 0.5) is 0 Å². The van der Waals surface area contributed by atoms with E-state index in [1.54, 1.807) is 18.2 Å². The van der Waals surface area contributed by atoms with Crippen LogP contribution in [-0.4, -0.2) is 21.4 Å². The highest BCUT2D eigenvalue weighted by molar-refractivity contribution is 6.34. The van der Waals surface area contributed by atoms with E-state index < -0.39 is 5.97 Å². The van der Waals surface area contributed by atoms with Crippen molar-refractivity contribution in [3.05, 3.63) is 51.8 Å². The van der Waals surface area contributed by atoms with Crippen molar-refractivity contribution in [2.24, 2.45) is 0 Å². The summed E-state index contributed by atoms with van der Waals surface area (Å²) in [6.07, 6.45) is 1.43. The van der Waals surface area contributed by atoms with Gasteiger partial charge in [-0.3, -0.25) is 4.79 Å². The minimum Gasteiger partial charge on any atom is -0.477 e. The second-order valence-electron chi connectivity index (χ2n) is 3.94. The Bertz CT molecular complexity index is 677. The molecule has 98 valence electrons. The Kier molecular flexibility index (Phi) is 3.64. The van der Waals surface area contributed by atoms with Crippen molar-refractivity contribution in [2.75, 3.05) is 0 Å². The number of carbonyl (C=O) groups is 2. The molecule has 0 amide bonds. The number of hydrogen-bond donors (Lipinski definition) is 1. The third kappa shape index (κ3) is 2.64. The van der Waals surface area contributed by atoms with Gasteiger partial charge in [-0.05, 0) is 31.2 Å². The largest absolute Gasteiger partial charge is 0.477 e. The van der Waals surface area contributed by atoms with Crippen LogP contribution < -0.4 is 0 Å². The summed E-state index contributed by atoms with van der Waals surface area (Å²) in [7, 11) is 0. The van der Waals surface area contributed by atoms with Crippen LogP contribution in [0.2, 0.25) is 10.0 Å². The van der Waals surface area contributed by atoms with Crippen LogP contribution in [0.15, 0.2) is 30.5 Å². The molecule has 0 aliphatic heterocycles. The van der Waals surface area contributed by atoms with Crippen LogP contribution in [0, 0.1) is 0 Å². The fourth-order valence-electron chi connectivity index (χ4n) is 1.69. The minimum absolute atomic E-state index is 0.0469. The van der Waals surface area contributed by atoms with Gasteiger partial charge in [0.2, 0.25) is 0 Å². The third-order valence-electron chi connectivity index (χ3n) is 2.61. The first-order valence-corrected chi connectivity index (χ1v) is 6.08. The normalized spacial score (nSPS) is 10.5. The summed E-state index contributed by atoms with van der Waals surface area (Å²) >= 11 is 11.9. The third-order valence-corrected chi connectivity index (χ3v) is 3.17. The van der Waals surface area contributed by atoms with Crippen LogP contribution in [0.3, 0.4) is 0 Å². The highest BCUT2D eigenvalue weighted by Crippen LogP contribution is 2.27. The predicted octanol–water partition coefficient (Wildman–Crippen LogP) is 3.68. The molecule has 0 fully saturated rings. The first kappa shape index (κ1) is 13.6. The number of carboxylic acids is 1. The van der Waals surface area contributed by atoms with Gasteiger partial charge in [-0.25, -0.2) is 4.79 Å². The zero-order valence-corrected chi connectivity index (χ0v) is 11.4. The molecule has 0 aliphatic rings. The van der Waals surface area contributed by atoms with Gasteiger partial charge in [-0.1, -0.05) is 23.2 Å². The Balaban J connectivity index is 2.70. The fraction of sp³-hybridized carbons (Fsp3) is 0.0769. The molecule has 1 aromatic carbocycles. The molecule has 0 atom stereocenters. The van der Waals surface area contributed by atoms with Crippen molar-refractivity contribution in [3.63, 3.8) is 0 Å². The maximum atomic E-state index is 11.4. The number of nitrogens with zero attached hydrogens (tertiary/aromatic N) is 1. The van der Waals surface area contributed by atoms with Gasteiger partial charge in [0, 0.05) is 16.8 Å². The number of ketones is 1. The molecule has 0 aliphatic carbocycles. The molecule has 0 saturated carbocycles. The average molecular weight is 298 g/mol. The van der Waals surface area contributed by atoms with Crippen molar-refractivity contribution < 1.29 is 14.7 Å². The van der Waals surface area contributed by atoms with Crippen molar-refractivity contribution >= 4 is 35.0 Å². The number of benzene rings is 1. The maximum absolute atomic E-state index is 11.4. The fourth-order valence-corrected chi connectivity index (χ4v) is 2.06. The van der Waals surface area contributed by atoms with E-state index in [0.717, 1.165) is 0 Å². The lowest BCUT2D eigenvalue weighted by molar-refractivity contribution is 0.0688. The molecular formula is C13H9Cl2NO3. The highest BCUT2D eigenvalue weighted by atomic mass is 35.5. The number of carbonyl (C=O) groups excluding carboxylic acids is 1. The van der Waals surface area contributed by atoms with E-state index in [0.29, 0.717) is 21.3 Å². The lowest BCUT2D eigenvalue weighted by atomic mass is 10.2. The van der Waals surface area contributed by atoms with Gasteiger partial charge < -0.3 is 9.67 Å². The highest BCUT2D eigenvalue weighted by Gasteiger charge is 2.17. The summed E-state index contributed by atoms with van der Waals surface area (Å²) in [5.74, 6) is -1.37. The predicted molar refractivity (Wildman–Crippen MR) is 72.8 cm³/mol. The maximum Gasteiger partial charge on any atom is 0.352 e. The van der Waals surface area contributed by atoms with Gasteiger partial charge in [0.15, 0.2) is 5.78 Å². The number of halogens is 2. The van der Waals surface area contributed by atoms with E-state index in [1.165, 1.54) is 23.8 Å². The summed E-state index contributed by atoms with van der Waals surface area (Å²) in [6.45, 7) is 1.37. The van der Waals surface area contributed by atoms with Gasteiger partial charge in [-0.15, -0.1) is 0 Å². The van der Waals surface area contributed by atoms with Crippen LogP contribution in [-0.2, 0) is 0 Å². The molecule has 0 radical (unpaired) electrons. The topological polar surface area (TPSA) is 59.3 Å². The summed E-state index contributed by atoms with van der Waals surface area (Å²) in [4.78, 5) is 22.6. The molecule has 4 nitrogen and oxygen atoms in total. The van der Waals surface area contributed by atoms with Crippen molar-refractivity contribution in [1.82, 2.24) is 4.57 Å². The molecule has 1 heterocycles. The van der Waals surface area contributed by atoms with Crippen LogP contribution >= 0.6 is 23.2 Å². The van der Waals surface area contributed by atoms with Crippen molar-refractivity contribution in [3.8, 4) is 5.69 Å². The molecule has 0 saturated heterocycles. The molecule has 2 rings (SSSR count). The first-order chi connectivity index (χ1) is 8.90. The zero-order valence-electron chi connectivity index (χ0n) is 9.85. The molecule has 1 aromatic heterocycles. The van der Waals surface area contributed by atoms with Gasteiger partial charge in [0.05, 0.1) is 10.7 Å². The molecule has 6 heteroatoms. The Hall–Kier alpha value is -1.78. The second-order valence-corrected chi connectivity index (χ2v) is 4.78. The van der Waals surface area contributed by atoms with E-state index in [1.807, 2.05) is 0 Å². The minimum atomic E-state index is -1.15. The first-order valence-electron chi connectivity index (χ1n) is 5.32. The molecule has 2 aromatic rings. The van der Waals surface area contributed by atoms with Gasteiger partial charge in [-0.2, -0.15) is 0 Å². The van der Waals surface area contributed by atoms with E-state index in [9.17, 15) is 14.7 Å². The van der Waals surface area contributed by atoms with Crippen molar-refractivity contribution in [2.45, 2.75) is 6.92 Å². The summed E-state index contributed by atoms with van der Waals surface area (Å²) in [5, 5.41) is 9.94. The Labute approximate surface area is 119 Å². The number of Topliss-reactive ketones (excluding diaryl/α,β-unsaturated/α-hetero) is 1. The SMILES string of the molecule is CC(=O)c1cc(C(=O)O)n(-c2cc(Cl)ccc2Cl)c1. The Morgan fingerprint density at radius 2 is 1.89 bits per heavy atom. The lowest BCUT2D eigenvalue weighted by Crippen LogP contribution is -2.05. The smallest absolute Gasteiger partial charge is 0.352 e. The molecule has 0 unspecified atom stereocenters. The Morgan fingerprint density at radius 3 is 2.47 bits per heavy atom. The zero-order chi connectivity index (χ0) is 14.2. The van der Waals surface area contributed by atoms with Gasteiger partial charge in [0.25, 0.3) is 0 Å². The molecular weight excluding hydrogens is 289 g/mol. The van der Waals surface area contributed by atoms with Crippen molar-refractivity contribution in [1.29, 1.82) is 0 Å². The summed E-state index contributed by atoms with van der Waals surface area (Å²) in [6, 6.07) is 6.02. The monoisotopic (exact) mass is 297 g/mol. The van der Waals surface area contributed by atoms with Crippen LogP contribution in [0.25, 0.3) is 5.69 Å². The van der Waals surface area contributed by atoms with Crippen LogP contribution in [0.1, 0.15) is 27.8 Å². The number of aromatic carboxylic acids is 1. The molecule has 0 spiro atoms. The summed E-state index contributed by atoms with van der Waals surface area (Å²) < 4.78 is 1.34. The number of aromatic nitrogens is 1. The molecule has 1 N–H and O–H groups in total. The van der Waals surface area contributed by atoms with E-state index in [-0.39, 0.29) is 11.5 Å². The molecule has 19 heavy (non-hydrogen) atoms. The number of hydrogen-bond acceptors (Lipinski definition) is 2. The number of rotatable bonds is 3. The van der Waals surface area contributed by atoms with E-state index in [2.05, 4.69) is 0 Å². The average Bonchev–Trinajstić information content (AvgIpc) is 2.77. The van der Waals surface area contributed by atoms with Gasteiger partial charge >= 0.3 is 5.97 Å². The molecule has 0 bridgehead atoms. The van der Waals surface area contributed by atoms with Gasteiger partial charge in [0.1, 0.15) is 5.69 Å². The number of carboxylic acid groups (broad SMARTS) is 1. The van der Waals surface area contributed by atoms with Crippen LogP contribution in [0.5, 0.6) is 0 Å². The lowest BCUT2D eigenvalue weighted by Gasteiger charge is -2.08. The standard InChI is InChI=1S/C13H9Cl2NO3/c1-7(17)8-4-12(13(18)19)16(6-8)11-5-9(14)2-3-10(11)15/h2-6H,1H3,(H,18,19). The summed E-state index contributed by atoms with van der Waals surface area (Å²) in [5.41, 5.74) is 0.668.